The van der Waals surface area contributed by atoms with Gasteiger partial charge in [0.05, 0.1) is 0 Å². The van der Waals surface area contributed by atoms with Crippen LogP contribution in [0.1, 0.15) is 35.8 Å². The van der Waals surface area contributed by atoms with Crippen LogP contribution in [0.3, 0.4) is 0 Å². The molecule has 0 atom stereocenters. The van der Waals surface area contributed by atoms with Crippen molar-refractivity contribution in [2.45, 2.75) is 26.2 Å². The third kappa shape index (κ3) is 4.92. The molecule has 2 heterocycles. The highest BCUT2D eigenvalue weighted by molar-refractivity contribution is 6.30. The maximum absolute atomic E-state index is 12.2. The van der Waals surface area contributed by atoms with Gasteiger partial charge in [-0.3, -0.25) is 4.79 Å². The summed E-state index contributed by atoms with van der Waals surface area (Å²) in [6.45, 7) is 4.83. The van der Waals surface area contributed by atoms with E-state index < -0.39 is 0 Å². The second kappa shape index (κ2) is 8.30. The number of piperidine rings is 1. The second-order valence-corrected chi connectivity index (χ2v) is 7.02. The Labute approximate surface area is 153 Å². The van der Waals surface area contributed by atoms with Gasteiger partial charge < -0.3 is 10.2 Å². The number of carbonyl (C=O) groups is 1. The number of anilines is 1. The van der Waals surface area contributed by atoms with Gasteiger partial charge in [-0.1, -0.05) is 30.7 Å². The first-order chi connectivity index (χ1) is 12.1. The van der Waals surface area contributed by atoms with E-state index in [-0.39, 0.29) is 5.91 Å². The van der Waals surface area contributed by atoms with Gasteiger partial charge >= 0.3 is 0 Å². The molecule has 1 aliphatic heterocycles. The fourth-order valence-corrected chi connectivity index (χ4v) is 3.04. The Morgan fingerprint density at radius 3 is 2.52 bits per heavy atom. The summed E-state index contributed by atoms with van der Waals surface area (Å²) in [6.07, 6.45) is 3.10. The van der Waals surface area contributed by atoms with Crippen LogP contribution < -0.4 is 10.2 Å². The molecule has 132 valence electrons. The standard InChI is InChI=1S/C19H23ClN4O/c1-14-9-12-24(13-10-14)18-7-6-17(22-23-18)19(25)21-11-8-15-2-4-16(20)5-3-15/h2-7,14H,8-13H2,1H3,(H,21,25). The van der Waals surface area contributed by atoms with Gasteiger partial charge in [0.2, 0.25) is 0 Å². The maximum atomic E-state index is 12.2. The van der Waals surface area contributed by atoms with Crippen LogP contribution in [0.25, 0.3) is 0 Å². The molecule has 0 saturated carbocycles. The molecule has 0 aliphatic carbocycles. The highest BCUT2D eigenvalue weighted by Crippen LogP contribution is 2.20. The van der Waals surface area contributed by atoms with Crippen molar-refractivity contribution in [3.63, 3.8) is 0 Å². The lowest BCUT2D eigenvalue weighted by Crippen LogP contribution is -2.34. The van der Waals surface area contributed by atoms with Crippen LogP contribution in [0.2, 0.25) is 5.02 Å². The molecule has 1 aliphatic rings. The van der Waals surface area contributed by atoms with E-state index in [0.29, 0.717) is 17.3 Å². The number of halogens is 1. The van der Waals surface area contributed by atoms with Crippen molar-refractivity contribution >= 4 is 23.3 Å². The van der Waals surface area contributed by atoms with Gasteiger partial charge in [-0.2, -0.15) is 0 Å². The fraction of sp³-hybridized carbons (Fsp3) is 0.421. The van der Waals surface area contributed by atoms with Crippen molar-refractivity contribution in [1.82, 2.24) is 15.5 Å². The Morgan fingerprint density at radius 1 is 1.16 bits per heavy atom. The summed E-state index contributed by atoms with van der Waals surface area (Å²) in [6, 6.07) is 11.3. The van der Waals surface area contributed by atoms with E-state index in [0.717, 1.165) is 36.8 Å². The van der Waals surface area contributed by atoms with E-state index in [4.69, 9.17) is 11.6 Å². The Bertz CT molecular complexity index is 694. The zero-order valence-corrected chi connectivity index (χ0v) is 15.2. The van der Waals surface area contributed by atoms with Crippen LogP contribution in [0.5, 0.6) is 0 Å². The quantitative estimate of drug-likeness (QED) is 0.890. The SMILES string of the molecule is CC1CCN(c2ccc(C(=O)NCCc3ccc(Cl)cc3)nn2)CC1. The molecular weight excluding hydrogens is 336 g/mol. The van der Waals surface area contributed by atoms with Gasteiger partial charge in [0.25, 0.3) is 5.91 Å². The molecule has 1 aromatic heterocycles. The normalized spacial score (nSPS) is 15.2. The molecule has 1 fully saturated rings. The highest BCUT2D eigenvalue weighted by atomic mass is 35.5. The summed E-state index contributed by atoms with van der Waals surface area (Å²) in [5.41, 5.74) is 1.48. The molecule has 2 aromatic rings. The molecular formula is C19H23ClN4O. The molecule has 1 amide bonds. The monoisotopic (exact) mass is 358 g/mol. The average Bonchev–Trinajstić information content (AvgIpc) is 2.64. The molecule has 1 saturated heterocycles. The minimum atomic E-state index is -0.194. The molecule has 0 bridgehead atoms. The number of aromatic nitrogens is 2. The molecule has 1 aromatic carbocycles. The summed E-state index contributed by atoms with van der Waals surface area (Å²) in [4.78, 5) is 14.4. The average molecular weight is 359 g/mol. The van der Waals surface area contributed by atoms with Crippen LogP contribution in [0.15, 0.2) is 36.4 Å². The summed E-state index contributed by atoms with van der Waals surface area (Å²) in [5, 5.41) is 11.9. The highest BCUT2D eigenvalue weighted by Gasteiger charge is 2.17. The first-order valence-electron chi connectivity index (χ1n) is 8.73. The van der Waals surface area contributed by atoms with Crippen LogP contribution in [0.4, 0.5) is 5.82 Å². The van der Waals surface area contributed by atoms with E-state index >= 15 is 0 Å². The number of rotatable bonds is 5. The molecule has 0 unspecified atom stereocenters. The molecule has 1 N–H and O–H groups in total. The Balaban J connectivity index is 1.49. The maximum Gasteiger partial charge on any atom is 0.271 e. The number of carbonyl (C=O) groups excluding carboxylic acids is 1. The van der Waals surface area contributed by atoms with Crippen molar-refractivity contribution < 1.29 is 4.79 Å². The Morgan fingerprint density at radius 2 is 1.88 bits per heavy atom. The van der Waals surface area contributed by atoms with Gasteiger partial charge in [-0.05, 0) is 55.0 Å². The molecule has 25 heavy (non-hydrogen) atoms. The van der Waals surface area contributed by atoms with Gasteiger partial charge in [0.1, 0.15) is 0 Å². The summed E-state index contributed by atoms with van der Waals surface area (Å²) in [7, 11) is 0. The predicted octanol–water partition coefficient (Wildman–Crippen LogP) is 3.34. The van der Waals surface area contributed by atoms with Gasteiger partial charge in [0, 0.05) is 24.7 Å². The molecule has 5 nitrogen and oxygen atoms in total. The van der Waals surface area contributed by atoms with E-state index in [9.17, 15) is 4.79 Å². The molecule has 6 heteroatoms. The Kier molecular flexibility index (Phi) is 5.87. The zero-order chi connectivity index (χ0) is 17.6. The van der Waals surface area contributed by atoms with Crippen molar-refractivity contribution in [2.24, 2.45) is 5.92 Å². The van der Waals surface area contributed by atoms with Crippen LogP contribution in [0, 0.1) is 5.92 Å². The fourth-order valence-electron chi connectivity index (χ4n) is 2.91. The Hall–Kier alpha value is -2.14. The summed E-state index contributed by atoms with van der Waals surface area (Å²) < 4.78 is 0. The second-order valence-electron chi connectivity index (χ2n) is 6.58. The van der Waals surface area contributed by atoms with E-state index in [1.807, 2.05) is 30.3 Å². The smallest absolute Gasteiger partial charge is 0.271 e. The molecule has 0 spiro atoms. The number of nitrogens with one attached hydrogen (secondary N) is 1. The van der Waals surface area contributed by atoms with Crippen LogP contribution in [-0.4, -0.2) is 35.7 Å². The van der Waals surface area contributed by atoms with Crippen LogP contribution >= 0.6 is 11.6 Å². The number of amides is 1. The topological polar surface area (TPSA) is 58.1 Å². The lowest BCUT2D eigenvalue weighted by atomic mass is 9.99. The van der Waals surface area contributed by atoms with Crippen molar-refractivity contribution in [2.75, 3.05) is 24.5 Å². The van der Waals surface area contributed by atoms with E-state index in [2.05, 4.69) is 27.3 Å². The van der Waals surface area contributed by atoms with E-state index in [1.54, 1.807) is 6.07 Å². The largest absolute Gasteiger partial charge is 0.355 e. The third-order valence-electron chi connectivity index (χ3n) is 4.60. The lowest BCUT2D eigenvalue weighted by Gasteiger charge is -2.30. The third-order valence-corrected chi connectivity index (χ3v) is 4.86. The number of hydrogen-bond donors (Lipinski definition) is 1. The number of benzene rings is 1. The molecule has 0 radical (unpaired) electrons. The van der Waals surface area contributed by atoms with Gasteiger partial charge in [-0.25, -0.2) is 0 Å². The van der Waals surface area contributed by atoms with Crippen molar-refractivity contribution in [3.8, 4) is 0 Å². The van der Waals surface area contributed by atoms with Crippen molar-refractivity contribution in [3.05, 3.63) is 52.7 Å². The van der Waals surface area contributed by atoms with Crippen molar-refractivity contribution in [1.29, 1.82) is 0 Å². The number of nitrogens with zero attached hydrogens (tertiary/aromatic N) is 3. The summed E-state index contributed by atoms with van der Waals surface area (Å²) in [5.74, 6) is 1.43. The minimum absolute atomic E-state index is 0.194. The first-order valence-corrected chi connectivity index (χ1v) is 9.11. The number of hydrogen-bond acceptors (Lipinski definition) is 4. The molecule has 3 rings (SSSR count). The summed E-state index contributed by atoms with van der Waals surface area (Å²) >= 11 is 5.86. The predicted molar refractivity (Wildman–Crippen MR) is 100 cm³/mol. The minimum Gasteiger partial charge on any atom is -0.355 e. The van der Waals surface area contributed by atoms with E-state index in [1.165, 1.54) is 12.8 Å². The first kappa shape index (κ1) is 17.7. The lowest BCUT2D eigenvalue weighted by molar-refractivity contribution is 0.0948. The van der Waals surface area contributed by atoms with Crippen LogP contribution in [-0.2, 0) is 6.42 Å². The van der Waals surface area contributed by atoms with Gasteiger partial charge in [0.15, 0.2) is 11.5 Å². The zero-order valence-electron chi connectivity index (χ0n) is 14.4. The van der Waals surface area contributed by atoms with Gasteiger partial charge in [-0.15, -0.1) is 10.2 Å².